The van der Waals surface area contributed by atoms with Crippen LogP contribution in [0.5, 0.6) is 5.75 Å². The van der Waals surface area contributed by atoms with Crippen LogP contribution in [0.4, 0.5) is 10.5 Å². The number of carbonyl (C=O) groups excluding carboxylic acids is 2. The molecule has 0 bridgehead atoms. The largest absolute Gasteiger partial charge is 0.496 e. The van der Waals surface area contributed by atoms with E-state index in [0.717, 1.165) is 16.7 Å². The van der Waals surface area contributed by atoms with Crippen LogP contribution in [0, 0.1) is 0 Å². The summed E-state index contributed by atoms with van der Waals surface area (Å²) in [5.74, 6) is 0.349. The Hall–Kier alpha value is -2.44. The Labute approximate surface area is 162 Å². The molecule has 0 atom stereocenters. The molecule has 0 fully saturated rings. The molecule has 0 saturated heterocycles. The molecule has 2 amide bonds. The van der Waals surface area contributed by atoms with Gasteiger partial charge < -0.3 is 15.0 Å². The second kappa shape index (κ2) is 9.31. The molecular formula is C19H19ClN2O3S. The fourth-order valence-electron chi connectivity index (χ4n) is 1.98. The highest BCUT2D eigenvalue weighted by Crippen LogP contribution is 2.24. The van der Waals surface area contributed by atoms with E-state index in [1.54, 1.807) is 69.7 Å². The third-order valence-corrected chi connectivity index (χ3v) is 4.58. The molecule has 0 heterocycles. The third kappa shape index (κ3) is 5.82. The summed E-state index contributed by atoms with van der Waals surface area (Å²) in [7, 11) is 4.96. The lowest BCUT2D eigenvalue weighted by Gasteiger charge is -2.09. The van der Waals surface area contributed by atoms with Gasteiger partial charge in [-0.2, -0.15) is 0 Å². The van der Waals surface area contributed by atoms with E-state index >= 15 is 0 Å². The van der Waals surface area contributed by atoms with Crippen molar-refractivity contribution in [2.24, 2.45) is 0 Å². The van der Waals surface area contributed by atoms with Gasteiger partial charge in [-0.15, -0.1) is 0 Å². The first-order valence-corrected chi connectivity index (χ1v) is 8.90. The number of ether oxygens (including phenoxy) is 1. The monoisotopic (exact) mass is 390 g/mol. The lowest BCUT2D eigenvalue weighted by atomic mass is 10.2. The number of nitrogens with zero attached hydrogens (tertiary/aromatic N) is 1. The number of carbonyl (C=O) groups is 2. The molecule has 0 aromatic heterocycles. The van der Waals surface area contributed by atoms with E-state index in [-0.39, 0.29) is 11.1 Å². The van der Waals surface area contributed by atoms with Gasteiger partial charge >= 0.3 is 0 Å². The van der Waals surface area contributed by atoms with Gasteiger partial charge in [0.05, 0.1) is 7.11 Å². The topological polar surface area (TPSA) is 58.6 Å². The molecule has 26 heavy (non-hydrogen) atoms. The Bertz CT molecular complexity index is 820. The lowest BCUT2D eigenvalue weighted by Crippen LogP contribution is -2.16. The maximum absolute atomic E-state index is 12.1. The van der Waals surface area contributed by atoms with Gasteiger partial charge in [-0.05, 0) is 60.3 Å². The van der Waals surface area contributed by atoms with Crippen molar-refractivity contribution in [2.45, 2.75) is 4.90 Å². The second-order valence-electron chi connectivity index (χ2n) is 5.50. The Morgan fingerprint density at radius 3 is 2.46 bits per heavy atom. The molecule has 2 rings (SSSR count). The Kier molecular flexibility index (Phi) is 7.12. The van der Waals surface area contributed by atoms with Crippen molar-refractivity contribution in [1.82, 2.24) is 4.90 Å². The fourth-order valence-corrected chi connectivity index (χ4v) is 2.82. The number of halogens is 1. The molecule has 7 heteroatoms. The highest BCUT2D eigenvalue weighted by Gasteiger charge is 2.07. The number of amides is 2. The lowest BCUT2D eigenvalue weighted by molar-refractivity contribution is -0.111. The molecule has 2 aromatic rings. The molecular weight excluding hydrogens is 372 g/mol. The molecule has 0 saturated carbocycles. The first-order chi connectivity index (χ1) is 12.4. The van der Waals surface area contributed by atoms with Gasteiger partial charge in [-0.1, -0.05) is 11.6 Å². The van der Waals surface area contributed by atoms with Gasteiger partial charge in [0.1, 0.15) is 5.75 Å². The van der Waals surface area contributed by atoms with E-state index in [1.807, 2.05) is 0 Å². The van der Waals surface area contributed by atoms with E-state index in [0.29, 0.717) is 22.0 Å². The first-order valence-electron chi connectivity index (χ1n) is 7.71. The minimum absolute atomic E-state index is 0.0554. The van der Waals surface area contributed by atoms with E-state index in [4.69, 9.17) is 16.3 Å². The van der Waals surface area contributed by atoms with E-state index < -0.39 is 0 Å². The number of hydrogen-bond donors (Lipinski definition) is 1. The molecule has 0 aliphatic heterocycles. The average Bonchev–Trinajstić information content (AvgIpc) is 2.61. The van der Waals surface area contributed by atoms with Crippen LogP contribution in [-0.4, -0.2) is 37.3 Å². The zero-order chi connectivity index (χ0) is 19.1. The summed E-state index contributed by atoms with van der Waals surface area (Å²) in [6.45, 7) is 0. The van der Waals surface area contributed by atoms with Crippen LogP contribution in [0.15, 0.2) is 53.4 Å². The van der Waals surface area contributed by atoms with E-state index in [2.05, 4.69) is 5.32 Å². The number of methoxy groups -OCH3 is 1. The molecule has 0 spiro atoms. The molecule has 5 nitrogen and oxygen atoms in total. The SMILES string of the molecule is COc1ccc(Cl)cc1/C=C/C(=O)Nc1ccc(SC(=O)N(C)C)cc1. The average molecular weight is 391 g/mol. The number of anilines is 1. The second-order valence-corrected chi connectivity index (χ2v) is 6.96. The summed E-state index contributed by atoms with van der Waals surface area (Å²) in [5, 5.41) is 3.27. The molecule has 0 aliphatic rings. The number of hydrogen-bond acceptors (Lipinski definition) is 4. The van der Waals surface area contributed by atoms with Crippen molar-refractivity contribution in [1.29, 1.82) is 0 Å². The molecule has 0 unspecified atom stereocenters. The zero-order valence-corrected chi connectivity index (χ0v) is 16.2. The Balaban J connectivity index is 1.99. The summed E-state index contributed by atoms with van der Waals surface area (Å²) in [6, 6.07) is 12.2. The fraction of sp³-hybridized carbons (Fsp3) is 0.158. The van der Waals surface area contributed by atoms with Crippen LogP contribution in [0.3, 0.4) is 0 Å². The van der Waals surface area contributed by atoms with Crippen molar-refractivity contribution in [3.8, 4) is 5.75 Å². The summed E-state index contributed by atoms with van der Waals surface area (Å²) in [4.78, 5) is 26.1. The van der Waals surface area contributed by atoms with Gasteiger partial charge in [-0.25, -0.2) is 0 Å². The predicted molar refractivity (Wildman–Crippen MR) is 107 cm³/mol. The standard InChI is InChI=1S/C19H19ClN2O3S/c1-22(2)19(24)26-16-8-6-15(7-9-16)21-18(23)11-4-13-12-14(20)5-10-17(13)25-3/h4-12H,1-3H3,(H,21,23)/b11-4+. The van der Waals surface area contributed by atoms with Crippen molar-refractivity contribution in [3.05, 3.63) is 59.1 Å². The molecule has 0 radical (unpaired) electrons. The first kappa shape index (κ1) is 19.9. The summed E-state index contributed by atoms with van der Waals surface area (Å²) < 4.78 is 5.24. The zero-order valence-electron chi connectivity index (χ0n) is 14.7. The van der Waals surface area contributed by atoms with Gasteiger partial charge in [0.2, 0.25) is 5.91 Å². The van der Waals surface area contributed by atoms with Crippen molar-refractivity contribution < 1.29 is 14.3 Å². The van der Waals surface area contributed by atoms with Crippen LogP contribution in [0.2, 0.25) is 5.02 Å². The number of nitrogens with one attached hydrogen (secondary N) is 1. The number of thioether (sulfide) groups is 1. The molecule has 0 aliphatic carbocycles. The number of rotatable bonds is 5. The van der Waals surface area contributed by atoms with E-state index in [1.165, 1.54) is 11.0 Å². The molecule has 2 aromatic carbocycles. The van der Waals surface area contributed by atoms with Gasteiger partial charge in [0.25, 0.3) is 5.24 Å². The van der Waals surface area contributed by atoms with Gasteiger partial charge in [0, 0.05) is 41.3 Å². The minimum Gasteiger partial charge on any atom is -0.496 e. The summed E-state index contributed by atoms with van der Waals surface area (Å²) in [5.41, 5.74) is 1.35. The van der Waals surface area contributed by atoms with Gasteiger partial charge in [0.15, 0.2) is 0 Å². The Morgan fingerprint density at radius 2 is 1.85 bits per heavy atom. The normalized spacial score (nSPS) is 10.6. The van der Waals surface area contributed by atoms with Crippen LogP contribution >= 0.6 is 23.4 Å². The summed E-state index contributed by atoms with van der Waals surface area (Å²) in [6.07, 6.45) is 3.05. The maximum atomic E-state index is 12.1. The molecule has 136 valence electrons. The molecule has 1 N–H and O–H groups in total. The highest BCUT2D eigenvalue weighted by molar-refractivity contribution is 8.13. The smallest absolute Gasteiger partial charge is 0.285 e. The van der Waals surface area contributed by atoms with Crippen molar-refractivity contribution >= 4 is 46.3 Å². The van der Waals surface area contributed by atoms with Crippen LogP contribution in [0.1, 0.15) is 5.56 Å². The van der Waals surface area contributed by atoms with Crippen LogP contribution in [0.25, 0.3) is 6.08 Å². The maximum Gasteiger partial charge on any atom is 0.285 e. The van der Waals surface area contributed by atoms with Crippen molar-refractivity contribution in [2.75, 3.05) is 26.5 Å². The number of benzene rings is 2. The minimum atomic E-state index is -0.281. The van der Waals surface area contributed by atoms with Crippen LogP contribution in [-0.2, 0) is 4.79 Å². The Morgan fingerprint density at radius 1 is 1.15 bits per heavy atom. The van der Waals surface area contributed by atoms with Gasteiger partial charge in [-0.3, -0.25) is 9.59 Å². The quantitative estimate of drug-likeness (QED) is 0.590. The van der Waals surface area contributed by atoms with Crippen molar-refractivity contribution in [3.63, 3.8) is 0 Å². The predicted octanol–water partition coefficient (Wildman–Crippen LogP) is 4.77. The third-order valence-electron chi connectivity index (χ3n) is 3.30. The van der Waals surface area contributed by atoms with Crippen LogP contribution < -0.4 is 10.1 Å². The highest BCUT2D eigenvalue weighted by atomic mass is 35.5. The van der Waals surface area contributed by atoms with E-state index in [9.17, 15) is 9.59 Å². The summed E-state index contributed by atoms with van der Waals surface area (Å²) >= 11 is 7.10.